The normalized spacial score (nSPS) is 13.4. The summed E-state index contributed by atoms with van der Waals surface area (Å²) in [6.45, 7) is 0.970. The highest BCUT2D eigenvalue weighted by Crippen LogP contribution is 2.23. The molecule has 2 aromatic rings. The third-order valence-electron chi connectivity index (χ3n) is 3.58. The molecule has 3 rings (SSSR count). The van der Waals surface area contributed by atoms with Crippen LogP contribution in [0.2, 0.25) is 0 Å². The molecular weight excluding hydrogens is 348 g/mol. The van der Waals surface area contributed by atoms with E-state index in [-0.39, 0.29) is 18.3 Å². The molecule has 0 bridgehead atoms. The van der Waals surface area contributed by atoms with Gasteiger partial charge in [0.15, 0.2) is 10.9 Å². The van der Waals surface area contributed by atoms with Gasteiger partial charge in [-0.1, -0.05) is 47.4 Å². The molecule has 2 N–H and O–H groups in total. The number of hydrogen-bond donors (Lipinski definition) is 1. The van der Waals surface area contributed by atoms with E-state index in [4.69, 9.17) is 10.5 Å². The Kier molecular flexibility index (Phi) is 5.31. The highest BCUT2D eigenvalue weighted by molar-refractivity contribution is 8.01. The van der Waals surface area contributed by atoms with Crippen LogP contribution in [-0.4, -0.2) is 45.9 Å². The molecule has 9 heteroatoms. The van der Waals surface area contributed by atoms with Crippen LogP contribution < -0.4 is 5.73 Å². The molecule has 0 saturated carbocycles. The van der Waals surface area contributed by atoms with Crippen LogP contribution in [0.3, 0.4) is 0 Å². The van der Waals surface area contributed by atoms with Crippen molar-refractivity contribution < 1.29 is 14.3 Å². The quantitative estimate of drug-likeness (QED) is 0.631. The summed E-state index contributed by atoms with van der Waals surface area (Å²) in [5, 5.41) is 7.82. The Bertz CT molecular complexity index is 750. The molecule has 1 aromatic heterocycles. The first-order valence-corrected chi connectivity index (χ1v) is 9.14. The Hall–Kier alpha value is -2.13. The van der Waals surface area contributed by atoms with E-state index < -0.39 is 5.97 Å². The van der Waals surface area contributed by atoms with Crippen molar-refractivity contribution in [3.8, 4) is 0 Å². The summed E-state index contributed by atoms with van der Waals surface area (Å²) < 4.78 is 5.65. The topological polar surface area (TPSA) is 98.4 Å². The van der Waals surface area contributed by atoms with E-state index in [1.807, 2.05) is 18.2 Å². The number of carbonyl (C=O) groups is 2. The molecular formula is C15H16N4O3S2. The molecule has 2 heterocycles. The Morgan fingerprint density at radius 3 is 2.83 bits per heavy atom. The number of ether oxygens (including phenoxy) is 1. The summed E-state index contributed by atoms with van der Waals surface area (Å²) in [4.78, 5) is 25.6. The number of anilines is 1. The first-order chi connectivity index (χ1) is 11.6. The van der Waals surface area contributed by atoms with Crippen LogP contribution in [-0.2, 0) is 27.3 Å². The van der Waals surface area contributed by atoms with Gasteiger partial charge in [0.25, 0.3) is 5.91 Å². The van der Waals surface area contributed by atoms with Crippen LogP contribution >= 0.6 is 23.1 Å². The molecule has 0 aliphatic carbocycles. The smallest absolute Gasteiger partial charge is 0.316 e. The van der Waals surface area contributed by atoms with E-state index >= 15 is 0 Å². The third kappa shape index (κ3) is 4.24. The fourth-order valence-electron chi connectivity index (χ4n) is 2.38. The van der Waals surface area contributed by atoms with Crippen molar-refractivity contribution >= 4 is 40.1 Å². The van der Waals surface area contributed by atoms with Crippen LogP contribution in [0.5, 0.6) is 0 Å². The molecule has 1 amide bonds. The highest BCUT2D eigenvalue weighted by atomic mass is 32.2. The third-order valence-corrected chi connectivity index (χ3v) is 5.43. The molecule has 1 aliphatic rings. The molecule has 0 radical (unpaired) electrons. The van der Waals surface area contributed by atoms with E-state index in [0.29, 0.717) is 22.6 Å². The van der Waals surface area contributed by atoms with Crippen LogP contribution in [0.1, 0.15) is 11.1 Å². The van der Waals surface area contributed by atoms with Crippen molar-refractivity contribution in [1.82, 2.24) is 15.1 Å². The van der Waals surface area contributed by atoms with E-state index in [1.54, 1.807) is 4.90 Å². The number of nitrogens with zero attached hydrogens (tertiary/aromatic N) is 3. The molecule has 0 spiro atoms. The molecule has 0 unspecified atom stereocenters. The van der Waals surface area contributed by atoms with Gasteiger partial charge >= 0.3 is 5.97 Å². The van der Waals surface area contributed by atoms with Gasteiger partial charge in [-0.25, -0.2) is 0 Å². The summed E-state index contributed by atoms with van der Waals surface area (Å²) in [5.74, 6) is -0.562. The highest BCUT2D eigenvalue weighted by Gasteiger charge is 2.21. The molecule has 1 aromatic carbocycles. The average Bonchev–Trinajstić information content (AvgIpc) is 3.02. The Morgan fingerprint density at radius 1 is 1.29 bits per heavy atom. The van der Waals surface area contributed by atoms with Gasteiger partial charge in [0.1, 0.15) is 0 Å². The maximum Gasteiger partial charge on any atom is 0.316 e. The maximum absolute atomic E-state index is 12.2. The Balaban J connectivity index is 1.43. The largest absolute Gasteiger partial charge is 0.455 e. The molecule has 24 heavy (non-hydrogen) atoms. The van der Waals surface area contributed by atoms with Crippen molar-refractivity contribution in [1.29, 1.82) is 0 Å². The predicted octanol–water partition coefficient (Wildman–Crippen LogP) is 1.34. The lowest BCUT2D eigenvalue weighted by atomic mass is 10.00. The molecule has 7 nitrogen and oxygen atoms in total. The van der Waals surface area contributed by atoms with E-state index in [0.717, 1.165) is 12.0 Å². The van der Waals surface area contributed by atoms with Gasteiger partial charge in [-0.05, 0) is 17.5 Å². The average molecular weight is 364 g/mol. The number of benzene rings is 1. The first-order valence-electron chi connectivity index (χ1n) is 7.34. The number of nitrogen functional groups attached to an aromatic ring is 1. The summed E-state index contributed by atoms with van der Waals surface area (Å²) in [5.41, 5.74) is 7.88. The maximum atomic E-state index is 12.2. The standard InChI is InChI=1S/C15H16N4O3S2/c16-14-17-18-15(24-14)23-9-13(21)22-8-12(20)19-6-5-10-3-1-2-4-11(10)7-19/h1-4H,5-9H2,(H2,16,17). The lowest BCUT2D eigenvalue weighted by Crippen LogP contribution is -2.38. The number of esters is 1. The van der Waals surface area contributed by atoms with Crippen LogP contribution in [0.15, 0.2) is 28.6 Å². The number of rotatable bonds is 5. The number of thioether (sulfide) groups is 1. The van der Waals surface area contributed by atoms with Crippen molar-refractivity contribution in [2.75, 3.05) is 24.6 Å². The minimum Gasteiger partial charge on any atom is -0.455 e. The SMILES string of the molecule is Nc1nnc(SCC(=O)OCC(=O)N2CCc3ccccc3C2)s1. The monoisotopic (exact) mass is 364 g/mol. The zero-order valence-electron chi connectivity index (χ0n) is 12.8. The second-order valence-corrected chi connectivity index (χ2v) is 7.42. The number of amides is 1. The fourth-order valence-corrected chi connectivity index (χ4v) is 3.82. The summed E-state index contributed by atoms with van der Waals surface area (Å²) in [6, 6.07) is 8.06. The predicted molar refractivity (Wildman–Crippen MR) is 91.6 cm³/mol. The number of hydrogen-bond acceptors (Lipinski definition) is 8. The summed E-state index contributed by atoms with van der Waals surface area (Å²) in [7, 11) is 0. The summed E-state index contributed by atoms with van der Waals surface area (Å²) in [6.07, 6.45) is 0.824. The van der Waals surface area contributed by atoms with Crippen molar-refractivity contribution in [3.63, 3.8) is 0 Å². The zero-order chi connectivity index (χ0) is 16.9. The lowest BCUT2D eigenvalue weighted by molar-refractivity contribution is -0.150. The molecule has 1 aliphatic heterocycles. The van der Waals surface area contributed by atoms with Gasteiger partial charge in [0.2, 0.25) is 5.13 Å². The molecule has 0 saturated heterocycles. The minimum absolute atomic E-state index is 0.0742. The lowest BCUT2D eigenvalue weighted by Gasteiger charge is -2.28. The van der Waals surface area contributed by atoms with Crippen LogP contribution in [0.4, 0.5) is 5.13 Å². The minimum atomic E-state index is -0.459. The second kappa shape index (κ2) is 7.63. The van der Waals surface area contributed by atoms with Crippen molar-refractivity contribution in [2.45, 2.75) is 17.3 Å². The number of aromatic nitrogens is 2. The van der Waals surface area contributed by atoms with Crippen molar-refractivity contribution in [3.05, 3.63) is 35.4 Å². The van der Waals surface area contributed by atoms with Gasteiger partial charge in [-0.15, -0.1) is 10.2 Å². The summed E-state index contributed by atoms with van der Waals surface area (Å²) >= 11 is 2.40. The second-order valence-electron chi connectivity index (χ2n) is 5.19. The molecule has 0 fully saturated rings. The zero-order valence-corrected chi connectivity index (χ0v) is 14.4. The molecule has 126 valence electrons. The van der Waals surface area contributed by atoms with Gasteiger partial charge < -0.3 is 15.4 Å². The molecule has 0 atom stereocenters. The van der Waals surface area contributed by atoms with Crippen LogP contribution in [0, 0.1) is 0 Å². The number of fused-ring (bicyclic) bond motifs is 1. The van der Waals surface area contributed by atoms with Crippen molar-refractivity contribution in [2.24, 2.45) is 0 Å². The van der Waals surface area contributed by atoms with E-state index in [1.165, 1.54) is 28.7 Å². The Labute approximate surface area is 147 Å². The number of nitrogens with two attached hydrogens (primary N) is 1. The number of carbonyl (C=O) groups excluding carboxylic acids is 2. The Morgan fingerprint density at radius 2 is 2.08 bits per heavy atom. The van der Waals surface area contributed by atoms with Gasteiger partial charge in [-0.2, -0.15) is 0 Å². The van der Waals surface area contributed by atoms with E-state index in [2.05, 4.69) is 16.3 Å². The van der Waals surface area contributed by atoms with Gasteiger partial charge in [0.05, 0.1) is 5.75 Å². The van der Waals surface area contributed by atoms with Gasteiger partial charge in [-0.3, -0.25) is 9.59 Å². The fraction of sp³-hybridized carbons (Fsp3) is 0.333. The first kappa shape index (κ1) is 16.7. The van der Waals surface area contributed by atoms with Crippen LogP contribution in [0.25, 0.3) is 0 Å². The van der Waals surface area contributed by atoms with E-state index in [9.17, 15) is 9.59 Å². The van der Waals surface area contributed by atoms with Gasteiger partial charge in [0, 0.05) is 13.1 Å².